The van der Waals surface area contributed by atoms with Gasteiger partial charge in [0.1, 0.15) is 11.5 Å². The second-order valence-electron chi connectivity index (χ2n) is 4.34. The third-order valence-corrected chi connectivity index (χ3v) is 2.66. The molecule has 0 saturated carbocycles. The van der Waals surface area contributed by atoms with Crippen LogP contribution in [-0.2, 0) is 4.79 Å². The van der Waals surface area contributed by atoms with Crippen LogP contribution < -0.4 is 4.74 Å². The van der Waals surface area contributed by atoms with Crippen molar-refractivity contribution in [1.82, 2.24) is 0 Å². The molecule has 0 bridgehead atoms. The summed E-state index contributed by atoms with van der Waals surface area (Å²) in [6.45, 7) is 5.74. The average molecular weight is 232 g/mol. The van der Waals surface area contributed by atoms with Gasteiger partial charge in [0.2, 0.25) is 0 Å². The standard InChI is InChI=1S/C15H20O2/c1-11-9-12(2)14(15(10-11)17-4)8-6-5-7-13(3)16/h6,8-10H,5,7H2,1-4H3/b8-6+. The lowest BCUT2D eigenvalue weighted by Crippen LogP contribution is -1.92. The molecule has 17 heavy (non-hydrogen) atoms. The largest absolute Gasteiger partial charge is 0.496 e. The smallest absolute Gasteiger partial charge is 0.130 e. The zero-order valence-electron chi connectivity index (χ0n) is 11.0. The number of carbonyl (C=O) groups is 1. The molecule has 1 aromatic rings. The molecule has 0 fully saturated rings. The van der Waals surface area contributed by atoms with Gasteiger partial charge in [-0.2, -0.15) is 0 Å². The van der Waals surface area contributed by atoms with Crippen LogP contribution in [0.1, 0.15) is 36.5 Å². The van der Waals surface area contributed by atoms with E-state index in [1.807, 2.05) is 18.2 Å². The predicted molar refractivity (Wildman–Crippen MR) is 71.4 cm³/mol. The van der Waals surface area contributed by atoms with E-state index in [9.17, 15) is 4.79 Å². The van der Waals surface area contributed by atoms with E-state index in [0.29, 0.717) is 6.42 Å². The van der Waals surface area contributed by atoms with Crippen LogP contribution in [0, 0.1) is 13.8 Å². The van der Waals surface area contributed by atoms with E-state index < -0.39 is 0 Å². The molecule has 0 spiro atoms. The van der Waals surface area contributed by atoms with Crippen molar-refractivity contribution < 1.29 is 9.53 Å². The molecule has 0 aliphatic carbocycles. The van der Waals surface area contributed by atoms with Gasteiger partial charge in [-0.1, -0.05) is 18.2 Å². The van der Waals surface area contributed by atoms with Gasteiger partial charge in [0.25, 0.3) is 0 Å². The Morgan fingerprint density at radius 2 is 2.06 bits per heavy atom. The fraction of sp³-hybridized carbons (Fsp3) is 0.400. The van der Waals surface area contributed by atoms with Gasteiger partial charge in [-0.15, -0.1) is 0 Å². The van der Waals surface area contributed by atoms with Crippen LogP contribution >= 0.6 is 0 Å². The van der Waals surface area contributed by atoms with Gasteiger partial charge in [0, 0.05) is 12.0 Å². The van der Waals surface area contributed by atoms with Crippen molar-refractivity contribution in [2.45, 2.75) is 33.6 Å². The molecule has 0 aliphatic rings. The molecule has 0 saturated heterocycles. The first-order valence-corrected chi connectivity index (χ1v) is 5.86. The van der Waals surface area contributed by atoms with Crippen LogP contribution in [0.2, 0.25) is 0 Å². The lowest BCUT2D eigenvalue weighted by atomic mass is 10.0. The van der Waals surface area contributed by atoms with Gasteiger partial charge in [-0.25, -0.2) is 0 Å². The quantitative estimate of drug-likeness (QED) is 0.773. The van der Waals surface area contributed by atoms with Crippen molar-refractivity contribution in [3.63, 3.8) is 0 Å². The van der Waals surface area contributed by atoms with Gasteiger partial charge >= 0.3 is 0 Å². The summed E-state index contributed by atoms with van der Waals surface area (Å²) in [5.41, 5.74) is 3.49. The van der Waals surface area contributed by atoms with E-state index in [4.69, 9.17) is 4.74 Å². The molecule has 1 rings (SSSR count). The second-order valence-corrected chi connectivity index (χ2v) is 4.34. The van der Waals surface area contributed by atoms with Gasteiger partial charge in [0.15, 0.2) is 0 Å². The lowest BCUT2D eigenvalue weighted by Gasteiger charge is -2.09. The molecular weight excluding hydrogens is 212 g/mol. The number of allylic oxidation sites excluding steroid dienone is 1. The van der Waals surface area contributed by atoms with Crippen molar-refractivity contribution >= 4 is 11.9 Å². The first kappa shape index (κ1) is 13.5. The Morgan fingerprint density at radius 3 is 2.65 bits per heavy atom. The SMILES string of the molecule is COc1cc(C)cc(C)c1/C=C/CCC(C)=O. The number of hydrogen-bond acceptors (Lipinski definition) is 2. The molecule has 0 aromatic heterocycles. The highest BCUT2D eigenvalue weighted by Crippen LogP contribution is 2.25. The van der Waals surface area contributed by atoms with Crippen molar-refractivity contribution in [2.24, 2.45) is 0 Å². The van der Waals surface area contributed by atoms with E-state index in [-0.39, 0.29) is 5.78 Å². The molecule has 0 amide bonds. The van der Waals surface area contributed by atoms with Crippen LogP contribution in [0.25, 0.3) is 6.08 Å². The first-order valence-electron chi connectivity index (χ1n) is 5.86. The maximum absolute atomic E-state index is 10.8. The Morgan fingerprint density at radius 1 is 1.35 bits per heavy atom. The molecule has 0 aliphatic heterocycles. The number of carbonyl (C=O) groups excluding carboxylic acids is 1. The summed E-state index contributed by atoms with van der Waals surface area (Å²) < 4.78 is 5.37. The molecule has 2 heteroatoms. The van der Waals surface area contributed by atoms with E-state index in [0.717, 1.165) is 17.7 Å². The van der Waals surface area contributed by atoms with Crippen molar-refractivity contribution in [2.75, 3.05) is 7.11 Å². The molecule has 0 unspecified atom stereocenters. The van der Waals surface area contributed by atoms with Gasteiger partial charge in [0.05, 0.1) is 7.11 Å². The minimum atomic E-state index is 0.224. The van der Waals surface area contributed by atoms with Gasteiger partial charge < -0.3 is 9.53 Å². The predicted octanol–water partition coefficient (Wildman–Crippen LogP) is 3.69. The fourth-order valence-electron chi connectivity index (χ4n) is 1.81. The third-order valence-electron chi connectivity index (χ3n) is 2.66. The highest BCUT2D eigenvalue weighted by molar-refractivity contribution is 5.75. The molecule has 0 radical (unpaired) electrons. The van der Waals surface area contributed by atoms with Crippen LogP contribution in [-0.4, -0.2) is 12.9 Å². The number of ether oxygens (including phenoxy) is 1. The Bertz CT molecular complexity index is 431. The monoisotopic (exact) mass is 232 g/mol. The number of aryl methyl sites for hydroxylation is 2. The Balaban J connectivity index is 2.86. The maximum Gasteiger partial charge on any atom is 0.130 e. The molecule has 0 N–H and O–H groups in total. The Labute approximate surface area is 103 Å². The topological polar surface area (TPSA) is 26.3 Å². The Hall–Kier alpha value is -1.57. The molecule has 92 valence electrons. The fourth-order valence-corrected chi connectivity index (χ4v) is 1.81. The van der Waals surface area contributed by atoms with Crippen LogP contribution in [0.3, 0.4) is 0 Å². The van der Waals surface area contributed by atoms with Crippen molar-refractivity contribution in [1.29, 1.82) is 0 Å². The van der Waals surface area contributed by atoms with Crippen molar-refractivity contribution in [3.05, 3.63) is 34.9 Å². The van der Waals surface area contributed by atoms with Crippen LogP contribution in [0.4, 0.5) is 0 Å². The zero-order valence-corrected chi connectivity index (χ0v) is 11.0. The average Bonchev–Trinajstić information content (AvgIpc) is 2.25. The zero-order chi connectivity index (χ0) is 12.8. The van der Waals surface area contributed by atoms with E-state index in [2.05, 4.69) is 19.9 Å². The van der Waals surface area contributed by atoms with Crippen LogP contribution in [0.5, 0.6) is 5.75 Å². The molecule has 0 atom stereocenters. The molecule has 2 nitrogen and oxygen atoms in total. The molecule has 0 heterocycles. The lowest BCUT2D eigenvalue weighted by molar-refractivity contribution is -0.116. The van der Waals surface area contributed by atoms with E-state index in [1.54, 1.807) is 14.0 Å². The highest BCUT2D eigenvalue weighted by Gasteiger charge is 2.04. The Kier molecular flexibility index (Phi) is 4.95. The number of rotatable bonds is 5. The normalized spacial score (nSPS) is 10.8. The second kappa shape index (κ2) is 6.24. The maximum atomic E-state index is 10.8. The molecule has 1 aromatic carbocycles. The summed E-state index contributed by atoms with van der Waals surface area (Å²) >= 11 is 0. The summed E-state index contributed by atoms with van der Waals surface area (Å²) in [5.74, 6) is 1.11. The number of hydrogen-bond donors (Lipinski definition) is 0. The minimum Gasteiger partial charge on any atom is -0.496 e. The number of benzene rings is 1. The third kappa shape index (κ3) is 4.06. The molecular formula is C15H20O2. The summed E-state index contributed by atoms with van der Waals surface area (Å²) in [6, 6.07) is 4.16. The summed E-state index contributed by atoms with van der Waals surface area (Å²) in [6.07, 6.45) is 5.45. The van der Waals surface area contributed by atoms with E-state index >= 15 is 0 Å². The van der Waals surface area contributed by atoms with Gasteiger partial charge in [-0.05, 0) is 44.4 Å². The van der Waals surface area contributed by atoms with Gasteiger partial charge in [-0.3, -0.25) is 0 Å². The minimum absolute atomic E-state index is 0.224. The first-order chi connectivity index (χ1) is 8.04. The van der Waals surface area contributed by atoms with Crippen LogP contribution in [0.15, 0.2) is 18.2 Å². The number of Topliss-reactive ketones (excluding diaryl/α,β-unsaturated/α-hetero) is 1. The van der Waals surface area contributed by atoms with Crippen molar-refractivity contribution in [3.8, 4) is 5.75 Å². The number of methoxy groups -OCH3 is 1. The summed E-state index contributed by atoms with van der Waals surface area (Å²) in [5, 5.41) is 0. The summed E-state index contributed by atoms with van der Waals surface area (Å²) in [4.78, 5) is 10.8. The van der Waals surface area contributed by atoms with E-state index in [1.165, 1.54) is 11.1 Å². The highest BCUT2D eigenvalue weighted by atomic mass is 16.5. The number of ketones is 1. The summed E-state index contributed by atoms with van der Waals surface area (Å²) in [7, 11) is 1.68.